The van der Waals surface area contributed by atoms with E-state index in [1.54, 1.807) is 6.07 Å². The Bertz CT molecular complexity index is 473. The molecule has 1 atom stereocenters. The molecule has 0 saturated carbocycles. The molecule has 1 aromatic carbocycles. The Morgan fingerprint density at radius 3 is 2.75 bits per heavy atom. The molecular formula is C15H20Cl2N2O. The molecule has 1 aliphatic heterocycles. The summed E-state index contributed by atoms with van der Waals surface area (Å²) in [6.45, 7) is 3.86. The van der Waals surface area contributed by atoms with Crippen LogP contribution in [0.15, 0.2) is 18.2 Å². The molecule has 0 aromatic heterocycles. The minimum absolute atomic E-state index is 0.0658. The monoisotopic (exact) mass is 314 g/mol. The number of carbonyl (C=O) groups excluding carboxylic acids is 1. The van der Waals surface area contributed by atoms with Crippen molar-refractivity contribution in [3.05, 3.63) is 33.8 Å². The van der Waals surface area contributed by atoms with Gasteiger partial charge >= 0.3 is 0 Å². The van der Waals surface area contributed by atoms with Gasteiger partial charge in [0.05, 0.1) is 0 Å². The van der Waals surface area contributed by atoms with E-state index in [-0.39, 0.29) is 17.9 Å². The summed E-state index contributed by atoms with van der Waals surface area (Å²) >= 11 is 12.0. The van der Waals surface area contributed by atoms with Gasteiger partial charge in [0, 0.05) is 22.0 Å². The Balaban J connectivity index is 1.88. The van der Waals surface area contributed by atoms with Crippen LogP contribution in [-0.4, -0.2) is 25.0 Å². The summed E-state index contributed by atoms with van der Waals surface area (Å²) in [5.74, 6) is 0.295. The largest absolute Gasteiger partial charge is 0.353 e. The van der Waals surface area contributed by atoms with Gasteiger partial charge in [0.2, 0.25) is 5.91 Å². The van der Waals surface area contributed by atoms with E-state index in [9.17, 15) is 4.79 Å². The zero-order valence-corrected chi connectivity index (χ0v) is 13.1. The Hall–Kier alpha value is -0.770. The average Bonchev–Trinajstić information content (AvgIpc) is 2.43. The molecule has 1 unspecified atom stereocenters. The first-order chi connectivity index (χ1) is 9.56. The summed E-state index contributed by atoms with van der Waals surface area (Å²) in [5.41, 5.74) is 1.01. The lowest BCUT2D eigenvalue weighted by molar-refractivity contribution is -0.126. The third-order valence-corrected chi connectivity index (χ3v) is 4.23. The molecule has 2 N–H and O–H groups in total. The molecule has 20 heavy (non-hydrogen) atoms. The number of benzene rings is 1. The lowest BCUT2D eigenvalue weighted by Gasteiger charge is -2.24. The highest BCUT2D eigenvalue weighted by Gasteiger charge is 2.22. The number of halogens is 2. The van der Waals surface area contributed by atoms with Crippen LogP contribution in [0.25, 0.3) is 0 Å². The fourth-order valence-electron chi connectivity index (χ4n) is 2.51. The molecule has 3 nitrogen and oxygen atoms in total. The Morgan fingerprint density at radius 1 is 1.40 bits per heavy atom. The zero-order chi connectivity index (χ0) is 14.5. The highest BCUT2D eigenvalue weighted by atomic mass is 35.5. The van der Waals surface area contributed by atoms with E-state index >= 15 is 0 Å². The molecule has 110 valence electrons. The van der Waals surface area contributed by atoms with Gasteiger partial charge in [0.15, 0.2) is 0 Å². The molecule has 1 saturated heterocycles. The van der Waals surface area contributed by atoms with Crippen LogP contribution in [0.5, 0.6) is 0 Å². The van der Waals surface area contributed by atoms with Crippen LogP contribution in [0.3, 0.4) is 0 Å². The van der Waals surface area contributed by atoms with Crippen LogP contribution in [-0.2, 0) is 11.2 Å². The van der Waals surface area contributed by atoms with E-state index in [1.807, 2.05) is 19.1 Å². The van der Waals surface area contributed by atoms with Gasteiger partial charge in [-0.15, -0.1) is 0 Å². The minimum Gasteiger partial charge on any atom is -0.353 e. The number of hydrogen-bond donors (Lipinski definition) is 2. The maximum atomic E-state index is 12.1. The number of rotatable bonds is 4. The average molecular weight is 315 g/mol. The maximum absolute atomic E-state index is 12.1. The first kappa shape index (κ1) is 15.6. The van der Waals surface area contributed by atoms with E-state index < -0.39 is 0 Å². The molecule has 1 amide bonds. The molecule has 1 heterocycles. The van der Waals surface area contributed by atoms with Crippen LogP contribution in [0.1, 0.15) is 25.3 Å². The molecule has 1 fully saturated rings. The lowest BCUT2D eigenvalue weighted by atomic mass is 9.96. The van der Waals surface area contributed by atoms with Crippen LogP contribution >= 0.6 is 23.2 Å². The second kappa shape index (κ2) is 7.30. The summed E-state index contributed by atoms with van der Waals surface area (Å²) in [6, 6.07) is 5.54. The first-order valence-corrected chi connectivity index (χ1v) is 7.77. The molecule has 1 aromatic rings. The molecule has 0 bridgehead atoms. The van der Waals surface area contributed by atoms with Crippen LogP contribution in [0, 0.1) is 5.92 Å². The van der Waals surface area contributed by atoms with Crippen molar-refractivity contribution in [3.8, 4) is 0 Å². The van der Waals surface area contributed by atoms with Gasteiger partial charge in [-0.05, 0) is 57.0 Å². The lowest BCUT2D eigenvalue weighted by Crippen LogP contribution is -2.42. The van der Waals surface area contributed by atoms with E-state index in [0.717, 1.165) is 31.5 Å². The van der Waals surface area contributed by atoms with Crippen molar-refractivity contribution in [2.24, 2.45) is 5.92 Å². The fourth-order valence-corrected chi connectivity index (χ4v) is 3.00. The van der Waals surface area contributed by atoms with Crippen LogP contribution < -0.4 is 10.6 Å². The third kappa shape index (κ3) is 4.37. The summed E-state index contributed by atoms with van der Waals surface area (Å²) in [7, 11) is 0. The number of nitrogens with one attached hydrogen (secondary N) is 2. The van der Waals surface area contributed by atoms with Gasteiger partial charge < -0.3 is 10.6 Å². The molecule has 5 heteroatoms. The van der Waals surface area contributed by atoms with E-state index in [0.29, 0.717) is 16.5 Å². The Kier molecular flexibility index (Phi) is 5.70. The molecule has 2 rings (SSSR count). The molecule has 0 aliphatic carbocycles. The van der Waals surface area contributed by atoms with E-state index in [1.165, 1.54) is 0 Å². The summed E-state index contributed by atoms with van der Waals surface area (Å²) in [6.07, 6.45) is 2.55. The van der Waals surface area contributed by atoms with Crippen molar-refractivity contribution >= 4 is 29.1 Å². The highest BCUT2D eigenvalue weighted by Crippen LogP contribution is 2.22. The third-order valence-electron chi connectivity index (χ3n) is 3.64. The van der Waals surface area contributed by atoms with Crippen LogP contribution in [0.2, 0.25) is 10.0 Å². The predicted octanol–water partition coefficient (Wildman–Crippen LogP) is 3.04. The fraction of sp³-hybridized carbons (Fsp3) is 0.533. The number of hydrogen-bond acceptors (Lipinski definition) is 2. The van der Waals surface area contributed by atoms with Gasteiger partial charge in [0.1, 0.15) is 0 Å². The Labute approximate surface area is 130 Å². The summed E-state index contributed by atoms with van der Waals surface area (Å²) < 4.78 is 0. The summed E-state index contributed by atoms with van der Waals surface area (Å²) in [5, 5.41) is 7.63. The standard InChI is InChI=1S/C15H20Cl2N2O/c1-10(8-12-2-3-13(16)9-14(12)17)19-15(20)11-4-6-18-7-5-11/h2-3,9-11,18H,4-8H2,1H3,(H,19,20). The maximum Gasteiger partial charge on any atom is 0.223 e. The molecular weight excluding hydrogens is 295 g/mol. The quantitative estimate of drug-likeness (QED) is 0.897. The number of carbonyl (C=O) groups is 1. The van der Waals surface area contributed by atoms with Crippen molar-refractivity contribution < 1.29 is 4.79 Å². The SMILES string of the molecule is CC(Cc1ccc(Cl)cc1Cl)NC(=O)C1CCNCC1. The van der Waals surface area contributed by atoms with Gasteiger partial charge in [0.25, 0.3) is 0 Å². The topological polar surface area (TPSA) is 41.1 Å². The highest BCUT2D eigenvalue weighted by molar-refractivity contribution is 6.35. The molecule has 1 aliphatic rings. The van der Waals surface area contributed by atoms with Gasteiger partial charge in [-0.1, -0.05) is 29.3 Å². The van der Waals surface area contributed by atoms with Crippen molar-refractivity contribution in [3.63, 3.8) is 0 Å². The van der Waals surface area contributed by atoms with Gasteiger partial charge in [-0.2, -0.15) is 0 Å². The van der Waals surface area contributed by atoms with E-state index in [2.05, 4.69) is 10.6 Å². The van der Waals surface area contributed by atoms with Crippen molar-refractivity contribution in [2.45, 2.75) is 32.2 Å². The van der Waals surface area contributed by atoms with Gasteiger partial charge in [-0.25, -0.2) is 0 Å². The molecule has 0 radical (unpaired) electrons. The normalized spacial score (nSPS) is 17.8. The summed E-state index contributed by atoms with van der Waals surface area (Å²) in [4.78, 5) is 12.1. The second-order valence-electron chi connectivity index (χ2n) is 5.37. The van der Waals surface area contributed by atoms with Crippen molar-refractivity contribution in [1.29, 1.82) is 0 Å². The van der Waals surface area contributed by atoms with E-state index in [4.69, 9.17) is 23.2 Å². The zero-order valence-electron chi connectivity index (χ0n) is 11.6. The minimum atomic E-state index is 0.0658. The first-order valence-electron chi connectivity index (χ1n) is 7.01. The van der Waals surface area contributed by atoms with Crippen molar-refractivity contribution in [2.75, 3.05) is 13.1 Å². The van der Waals surface area contributed by atoms with Gasteiger partial charge in [-0.3, -0.25) is 4.79 Å². The smallest absolute Gasteiger partial charge is 0.223 e. The Morgan fingerprint density at radius 2 is 2.10 bits per heavy atom. The number of amides is 1. The molecule has 0 spiro atoms. The second-order valence-corrected chi connectivity index (χ2v) is 6.22. The van der Waals surface area contributed by atoms with Crippen LogP contribution in [0.4, 0.5) is 0 Å². The van der Waals surface area contributed by atoms with Crippen molar-refractivity contribution in [1.82, 2.24) is 10.6 Å². The predicted molar refractivity (Wildman–Crippen MR) is 83.4 cm³/mol. The number of piperidine rings is 1.